The van der Waals surface area contributed by atoms with Crippen LogP contribution < -0.4 is 10.6 Å². The number of nitrogens with one attached hydrogen (secondary N) is 2. The maximum Gasteiger partial charge on any atom is 0.411 e. The van der Waals surface area contributed by atoms with Crippen LogP contribution in [0.5, 0.6) is 23.0 Å². The van der Waals surface area contributed by atoms with E-state index in [1.165, 1.54) is 62.8 Å². The molecule has 18 nitrogen and oxygen atoms in total. The van der Waals surface area contributed by atoms with Crippen LogP contribution in [0.15, 0.2) is 127 Å². The Hall–Kier alpha value is -6.79. The summed E-state index contributed by atoms with van der Waals surface area (Å²) in [4.78, 5) is 23.2. The molecule has 0 fully saturated rings. The molecule has 0 aliphatic carbocycles. The number of phenols is 4. The summed E-state index contributed by atoms with van der Waals surface area (Å²) < 4.78 is 56.1. The Bertz CT molecular complexity index is 2680. The number of methoxy groups -OCH3 is 2. The number of carbonyl (C=O) groups is 2. The van der Waals surface area contributed by atoms with Crippen LogP contribution in [0.2, 0.25) is 0 Å². The van der Waals surface area contributed by atoms with Crippen LogP contribution in [-0.4, -0.2) is 76.2 Å². The third-order valence-corrected chi connectivity index (χ3v) is 10.3. The number of ether oxygens (including phenoxy) is 2. The van der Waals surface area contributed by atoms with Gasteiger partial charge in [0, 0.05) is 40.6 Å². The Labute approximate surface area is 347 Å². The van der Waals surface area contributed by atoms with E-state index in [2.05, 4.69) is 40.6 Å². The smallest absolute Gasteiger partial charge is 0.411 e. The van der Waals surface area contributed by atoms with Crippen molar-refractivity contribution in [3.63, 3.8) is 0 Å². The minimum absolute atomic E-state index is 0. The predicted octanol–water partition coefficient (Wildman–Crippen LogP) is 8.49. The molecule has 0 aliphatic heterocycles. The molecule has 0 aromatic heterocycles. The van der Waals surface area contributed by atoms with Crippen LogP contribution in [0.3, 0.4) is 0 Å². The first kappa shape index (κ1) is 44.9. The quantitative estimate of drug-likeness (QED) is 0.0785. The maximum absolute atomic E-state index is 11.7. The second kappa shape index (κ2) is 18.6. The molecule has 6 aromatic rings. The molecule has 0 aliphatic rings. The van der Waals surface area contributed by atoms with Gasteiger partial charge in [0.2, 0.25) is 0 Å². The molecule has 0 atom stereocenters. The normalized spacial score (nSPS) is 11.5. The summed E-state index contributed by atoms with van der Waals surface area (Å²) in [7, 11) is -4.59. The van der Waals surface area contributed by atoms with Crippen molar-refractivity contribution in [2.75, 3.05) is 37.4 Å². The van der Waals surface area contributed by atoms with Gasteiger partial charge < -0.3 is 29.9 Å². The molecule has 0 saturated heterocycles. The Morgan fingerprint density at radius 2 is 0.881 bits per heavy atom. The van der Waals surface area contributed by atoms with E-state index in [1.54, 1.807) is 48.5 Å². The van der Waals surface area contributed by atoms with Crippen molar-refractivity contribution >= 4 is 87.5 Å². The molecule has 0 saturated carbocycles. The maximum atomic E-state index is 11.7. The second-order valence-corrected chi connectivity index (χ2v) is 16.2. The number of aromatic hydroxyl groups is 4. The number of amides is 2. The number of benzene rings is 6. The first-order valence-electron chi connectivity index (χ1n) is 16.5. The predicted molar refractivity (Wildman–Crippen MR) is 214 cm³/mol. The van der Waals surface area contributed by atoms with Gasteiger partial charge in [-0.2, -0.15) is 0 Å². The van der Waals surface area contributed by atoms with Crippen LogP contribution in [0.4, 0.5) is 43.7 Å². The van der Waals surface area contributed by atoms with Gasteiger partial charge in [-0.15, -0.1) is 20.5 Å². The average molecular weight is 883 g/mol. The van der Waals surface area contributed by atoms with Crippen molar-refractivity contribution in [1.82, 2.24) is 0 Å². The monoisotopic (exact) mass is 882 g/mol. The summed E-state index contributed by atoms with van der Waals surface area (Å²) in [5.41, 5.74) is 0.518. The average Bonchev–Trinajstić information content (AvgIpc) is 3.17. The van der Waals surface area contributed by atoms with E-state index in [-0.39, 0.29) is 72.9 Å². The van der Waals surface area contributed by atoms with E-state index < -0.39 is 31.9 Å². The SMILES string of the molecule is COC(=O)Nc1cccc2ccc(O)c(N=Nc3cc(S(C)(=O)=O)ccc3O)c12.COC(=O)Nc1cccc2ccc(O)c(N=Nc3cc(S(C)(=O)=O)ccc3O)c12.[Cr]. The zero-order chi connectivity index (χ0) is 42.4. The molecule has 0 radical (unpaired) electrons. The third kappa shape index (κ3) is 10.8. The van der Waals surface area contributed by atoms with Gasteiger partial charge in [0.05, 0.1) is 35.4 Å². The fraction of sp³-hybridized carbons (Fsp3) is 0.105. The number of hydrogen-bond acceptors (Lipinski definition) is 16. The van der Waals surface area contributed by atoms with Gasteiger partial charge in [0.15, 0.2) is 19.7 Å². The van der Waals surface area contributed by atoms with Crippen LogP contribution in [0.25, 0.3) is 21.5 Å². The number of carbonyl (C=O) groups excluding carboxylic acids is 2. The molecular weight excluding hydrogens is 849 g/mol. The van der Waals surface area contributed by atoms with Gasteiger partial charge in [-0.25, -0.2) is 26.4 Å². The minimum Gasteiger partial charge on any atom is -0.506 e. The van der Waals surface area contributed by atoms with Crippen LogP contribution in [0, 0.1) is 0 Å². The fourth-order valence-corrected chi connectivity index (χ4v) is 6.55. The number of rotatable bonds is 8. The zero-order valence-corrected chi connectivity index (χ0v) is 34.2. The van der Waals surface area contributed by atoms with Crippen molar-refractivity contribution in [2.24, 2.45) is 20.5 Å². The molecule has 0 bridgehead atoms. The molecule has 59 heavy (non-hydrogen) atoms. The number of fused-ring (bicyclic) bond motifs is 2. The van der Waals surface area contributed by atoms with E-state index in [1.807, 2.05) is 0 Å². The van der Waals surface area contributed by atoms with Crippen molar-refractivity contribution in [1.29, 1.82) is 0 Å². The third-order valence-electron chi connectivity index (χ3n) is 8.10. The van der Waals surface area contributed by atoms with E-state index in [4.69, 9.17) is 0 Å². The van der Waals surface area contributed by atoms with Crippen LogP contribution in [0.1, 0.15) is 0 Å². The number of azo groups is 2. The van der Waals surface area contributed by atoms with Gasteiger partial charge in [-0.3, -0.25) is 10.6 Å². The second-order valence-electron chi connectivity index (χ2n) is 12.2. The number of nitrogens with zero attached hydrogens (tertiary/aromatic N) is 4. The molecule has 6 aromatic carbocycles. The molecule has 2 amide bonds. The van der Waals surface area contributed by atoms with Crippen LogP contribution >= 0.6 is 0 Å². The molecule has 0 unspecified atom stereocenters. The van der Waals surface area contributed by atoms with Gasteiger partial charge >= 0.3 is 12.2 Å². The Morgan fingerprint density at radius 1 is 0.525 bits per heavy atom. The Kier molecular flexibility index (Phi) is 14.2. The first-order valence-corrected chi connectivity index (χ1v) is 20.3. The summed E-state index contributed by atoms with van der Waals surface area (Å²) >= 11 is 0. The topological polar surface area (TPSA) is 275 Å². The van der Waals surface area contributed by atoms with Gasteiger partial charge in [-0.1, -0.05) is 36.4 Å². The van der Waals surface area contributed by atoms with E-state index in [9.17, 15) is 46.9 Å². The Morgan fingerprint density at radius 3 is 1.22 bits per heavy atom. The van der Waals surface area contributed by atoms with Crippen molar-refractivity contribution in [2.45, 2.75) is 9.79 Å². The van der Waals surface area contributed by atoms with Gasteiger partial charge in [0.1, 0.15) is 45.7 Å². The van der Waals surface area contributed by atoms with Crippen molar-refractivity contribution in [3.8, 4) is 23.0 Å². The Balaban J connectivity index is 0.000000256. The molecule has 0 spiro atoms. The number of phenolic OH excluding ortho intramolecular Hbond substituents is 4. The molecule has 6 rings (SSSR count). The van der Waals surface area contributed by atoms with E-state index in [0.29, 0.717) is 32.9 Å². The molecule has 21 heteroatoms. The largest absolute Gasteiger partial charge is 0.506 e. The fourth-order valence-electron chi connectivity index (χ4n) is 5.27. The number of sulfone groups is 2. The molecular formula is C38H34CrN6O12S2. The van der Waals surface area contributed by atoms with Gasteiger partial charge in [-0.05, 0) is 71.4 Å². The van der Waals surface area contributed by atoms with E-state index in [0.717, 1.165) is 12.5 Å². The van der Waals surface area contributed by atoms with E-state index >= 15 is 0 Å². The van der Waals surface area contributed by atoms with Crippen molar-refractivity contribution in [3.05, 3.63) is 97.1 Å². The standard InChI is InChI=1S/2C19H17N3O6S.Cr/c2*1-28-19(25)20-13-5-3-4-11-6-8-16(24)18(17(11)13)22-21-14-10-12(29(2,26)27)7-9-15(14)23;/h2*3-10,23-24H,1-2H3,(H,20,25);. The zero-order valence-electron chi connectivity index (χ0n) is 31.3. The van der Waals surface area contributed by atoms with Gasteiger partial charge in [0.25, 0.3) is 0 Å². The van der Waals surface area contributed by atoms with Crippen molar-refractivity contribution < 1.29 is 73.7 Å². The number of hydrogen-bond donors (Lipinski definition) is 6. The minimum atomic E-state index is -3.51. The number of anilines is 2. The summed E-state index contributed by atoms with van der Waals surface area (Å²) in [6.45, 7) is 0. The summed E-state index contributed by atoms with van der Waals surface area (Å²) in [5.74, 6) is -1.01. The molecule has 6 N–H and O–H groups in total. The first-order chi connectivity index (χ1) is 27.4. The summed E-state index contributed by atoms with van der Waals surface area (Å²) in [6.07, 6.45) is 0.646. The van der Waals surface area contributed by atoms with Crippen LogP contribution in [-0.2, 0) is 46.5 Å². The molecule has 306 valence electrons. The summed E-state index contributed by atoms with van der Waals surface area (Å²) in [5, 5.41) is 63.6. The molecule has 0 heterocycles. The summed E-state index contributed by atoms with van der Waals surface area (Å²) in [6, 6.07) is 23.4.